The van der Waals surface area contributed by atoms with Crippen molar-refractivity contribution in [3.05, 3.63) is 28.7 Å². The number of ether oxygens (including phenoxy) is 1. The van der Waals surface area contributed by atoms with Gasteiger partial charge in [0.05, 0.1) is 12.5 Å². The van der Waals surface area contributed by atoms with Crippen molar-refractivity contribution < 1.29 is 9.26 Å². The fourth-order valence-corrected chi connectivity index (χ4v) is 2.24. The third-order valence-corrected chi connectivity index (χ3v) is 3.59. The van der Waals surface area contributed by atoms with Crippen molar-refractivity contribution in [2.24, 2.45) is 5.73 Å². The molecule has 1 fully saturated rings. The average molecular weight is 325 g/mol. The van der Waals surface area contributed by atoms with Gasteiger partial charge in [0.25, 0.3) is 0 Å². The Bertz CT molecular complexity index is 557. The van der Waals surface area contributed by atoms with Crippen LogP contribution in [-0.4, -0.2) is 34.4 Å². The van der Waals surface area contributed by atoms with Crippen molar-refractivity contribution in [3.8, 4) is 11.5 Å². The van der Waals surface area contributed by atoms with Crippen molar-refractivity contribution in [1.82, 2.24) is 15.1 Å². The number of pyridine rings is 1. The van der Waals surface area contributed by atoms with Gasteiger partial charge in [0.15, 0.2) is 0 Å². The molecular formula is C12H13BrN4O2. The number of halogens is 1. The topological polar surface area (TPSA) is 87.1 Å². The van der Waals surface area contributed by atoms with E-state index in [4.69, 9.17) is 15.0 Å². The molecule has 100 valence electrons. The van der Waals surface area contributed by atoms with Crippen LogP contribution in [0, 0.1) is 0 Å². The summed E-state index contributed by atoms with van der Waals surface area (Å²) in [7, 11) is 0. The van der Waals surface area contributed by atoms with E-state index >= 15 is 0 Å². The third-order valence-electron chi connectivity index (χ3n) is 3.13. The summed E-state index contributed by atoms with van der Waals surface area (Å²) in [5, 5.41) is 3.95. The molecule has 1 aliphatic heterocycles. The maximum atomic E-state index is 6.05. The van der Waals surface area contributed by atoms with Crippen LogP contribution in [0.4, 0.5) is 0 Å². The Balaban J connectivity index is 1.84. The SMILES string of the molecule is NC1CCOCC1c1nc(-c2ccc(Br)cn2)no1. The predicted octanol–water partition coefficient (Wildman–Crippen LogP) is 1.73. The summed E-state index contributed by atoms with van der Waals surface area (Å²) in [4.78, 5) is 8.60. The van der Waals surface area contributed by atoms with Crippen LogP contribution in [-0.2, 0) is 4.74 Å². The van der Waals surface area contributed by atoms with Crippen LogP contribution >= 0.6 is 15.9 Å². The van der Waals surface area contributed by atoms with Crippen LogP contribution in [0.25, 0.3) is 11.5 Å². The molecule has 3 rings (SSSR count). The minimum Gasteiger partial charge on any atom is -0.381 e. The fourth-order valence-electron chi connectivity index (χ4n) is 2.01. The van der Waals surface area contributed by atoms with E-state index in [1.165, 1.54) is 0 Å². The van der Waals surface area contributed by atoms with E-state index in [0.29, 0.717) is 30.6 Å². The van der Waals surface area contributed by atoms with Gasteiger partial charge in [-0.2, -0.15) is 4.98 Å². The maximum absolute atomic E-state index is 6.05. The highest BCUT2D eigenvalue weighted by Gasteiger charge is 2.29. The zero-order valence-electron chi connectivity index (χ0n) is 10.1. The number of nitrogens with zero attached hydrogens (tertiary/aromatic N) is 3. The number of hydrogen-bond acceptors (Lipinski definition) is 6. The summed E-state index contributed by atoms with van der Waals surface area (Å²) in [6.45, 7) is 1.21. The second-order valence-corrected chi connectivity index (χ2v) is 5.37. The van der Waals surface area contributed by atoms with E-state index in [0.717, 1.165) is 10.9 Å². The smallest absolute Gasteiger partial charge is 0.234 e. The van der Waals surface area contributed by atoms with Crippen molar-refractivity contribution >= 4 is 15.9 Å². The molecule has 19 heavy (non-hydrogen) atoms. The summed E-state index contributed by atoms with van der Waals surface area (Å²) < 4.78 is 11.6. The highest BCUT2D eigenvalue weighted by Crippen LogP contribution is 2.25. The quantitative estimate of drug-likeness (QED) is 0.905. The average Bonchev–Trinajstić information content (AvgIpc) is 2.89. The van der Waals surface area contributed by atoms with Crippen LogP contribution in [0.15, 0.2) is 27.3 Å². The number of rotatable bonds is 2. The molecule has 2 atom stereocenters. The lowest BCUT2D eigenvalue weighted by Crippen LogP contribution is -2.37. The molecule has 0 spiro atoms. The van der Waals surface area contributed by atoms with Crippen LogP contribution in [0.3, 0.4) is 0 Å². The largest absolute Gasteiger partial charge is 0.381 e. The molecule has 1 aliphatic rings. The van der Waals surface area contributed by atoms with Crippen LogP contribution < -0.4 is 5.73 Å². The molecule has 0 bridgehead atoms. The molecule has 0 amide bonds. The van der Waals surface area contributed by atoms with Crippen molar-refractivity contribution in [3.63, 3.8) is 0 Å². The van der Waals surface area contributed by atoms with Gasteiger partial charge in [-0.1, -0.05) is 5.16 Å². The molecule has 1 saturated heterocycles. The molecule has 2 aromatic rings. The first-order valence-electron chi connectivity index (χ1n) is 6.03. The molecule has 3 heterocycles. The molecule has 0 aromatic carbocycles. The molecule has 0 radical (unpaired) electrons. The highest BCUT2D eigenvalue weighted by molar-refractivity contribution is 9.10. The summed E-state index contributed by atoms with van der Waals surface area (Å²) >= 11 is 3.33. The van der Waals surface area contributed by atoms with Gasteiger partial charge in [0.1, 0.15) is 5.69 Å². The second-order valence-electron chi connectivity index (χ2n) is 4.45. The second kappa shape index (κ2) is 5.36. The number of hydrogen-bond donors (Lipinski definition) is 1. The van der Waals surface area contributed by atoms with Crippen molar-refractivity contribution in [2.75, 3.05) is 13.2 Å². The Morgan fingerprint density at radius 3 is 3.00 bits per heavy atom. The van der Waals surface area contributed by atoms with Gasteiger partial charge in [0.2, 0.25) is 11.7 Å². The summed E-state index contributed by atoms with van der Waals surface area (Å²) in [5.41, 5.74) is 6.72. The standard InChI is InChI=1S/C12H13BrN4O2/c13-7-1-2-10(15-5-7)11-16-12(19-17-11)8-6-18-4-3-9(8)14/h1-2,5,8-9H,3-4,6,14H2. The van der Waals surface area contributed by atoms with Gasteiger partial charge in [-0.3, -0.25) is 4.98 Å². The normalized spacial score (nSPS) is 23.5. The van der Waals surface area contributed by atoms with Gasteiger partial charge in [-0.05, 0) is 34.5 Å². The fraction of sp³-hybridized carbons (Fsp3) is 0.417. The van der Waals surface area contributed by atoms with Gasteiger partial charge in [0, 0.05) is 23.3 Å². The lowest BCUT2D eigenvalue weighted by atomic mass is 9.97. The molecule has 2 aromatic heterocycles. The lowest BCUT2D eigenvalue weighted by molar-refractivity contribution is 0.0590. The van der Waals surface area contributed by atoms with E-state index < -0.39 is 0 Å². The van der Waals surface area contributed by atoms with Gasteiger partial charge < -0.3 is 15.0 Å². The minimum atomic E-state index is -0.0366. The van der Waals surface area contributed by atoms with Gasteiger partial charge in [-0.15, -0.1) is 0 Å². The maximum Gasteiger partial charge on any atom is 0.234 e. The van der Waals surface area contributed by atoms with E-state index in [2.05, 4.69) is 31.1 Å². The van der Waals surface area contributed by atoms with E-state index in [1.807, 2.05) is 12.1 Å². The molecule has 2 N–H and O–H groups in total. The number of nitrogens with two attached hydrogens (primary N) is 1. The van der Waals surface area contributed by atoms with E-state index in [9.17, 15) is 0 Å². The first kappa shape index (κ1) is 12.7. The molecule has 6 nitrogen and oxygen atoms in total. The first-order valence-corrected chi connectivity index (χ1v) is 6.82. The Morgan fingerprint density at radius 2 is 2.26 bits per heavy atom. The Labute approximate surface area is 118 Å². The van der Waals surface area contributed by atoms with Crippen molar-refractivity contribution in [1.29, 1.82) is 0 Å². The number of aromatic nitrogens is 3. The molecule has 0 aliphatic carbocycles. The van der Waals surface area contributed by atoms with Crippen LogP contribution in [0.5, 0.6) is 0 Å². The van der Waals surface area contributed by atoms with Gasteiger partial charge >= 0.3 is 0 Å². The Kier molecular flexibility index (Phi) is 3.58. The zero-order chi connectivity index (χ0) is 13.2. The third kappa shape index (κ3) is 2.68. The van der Waals surface area contributed by atoms with E-state index in [1.54, 1.807) is 6.20 Å². The van der Waals surface area contributed by atoms with Crippen LogP contribution in [0.1, 0.15) is 18.2 Å². The first-order chi connectivity index (χ1) is 9.24. The zero-order valence-corrected chi connectivity index (χ0v) is 11.7. The van der Waals surface area contributed by atoms with Crippen molar-refractivity contribution in [2.45, 2.75) is 18.4 Å². The molecular weight excluding hydrogens is 312 g/mol. The molecule has 2 unspecified atom stereocenters. The Morgan fingerprint density at radius 1 is 1.37 bits per heavy atom. The highest BCUT2D eigenvalue weighted by atomic mass is 79.9. The molecule has 7 heteroatoms. The van der Waals surface area contributed by atoms with E-state index in [-0.39, 0.29) is 12.0 Å². The van der Waals surface area contributed by atoms with Gasteiger partial charge in [-0.25, -0.2) is 0 Å². The summed E-state index contributed by atoms with van der Waals surface area (Å²) in [6, 6.07) is 3.71. The van der Waals surface area contributed by atoms with Crippen LogP contribution in [0.2, 0.25) is 0 Å². The summed E-state index contributed by atoms with van der Waals surface area (Å²) in [5.74, 6) is 0.956. The summed E-state index contributed by atoms with van der Waals surface area (Å²) in [6.07, 6.45) is 2.50. The monoisotopic (exact) mass is 324 g/mol. The minimum absolute atomic E-state index is 0.0000676. The lowest BCUT2D eigenvalue weighted by Gasteiger charge is -2.25. The molecule has 0 saturated carbocycles. The Hall–Kier alpha value is -1.31. The predicted molar refractivity (Wildman–Crippen MR) is 71.4 cm³/mol.